The molecule has 0 aliphatic rings. The van der Waals surface area contributed by atoms with Crippen LogP contribution in [-0.4, -0.2) is 34.5 Å². The fourth-order valence-electron chi connectivity index (χ4n) is 1.50. The molecule has 112 valence electrons. The number of carbonyl (C=O) groups is 1. The molecule has 21 heavy (non-hydrogen) atoms. The van der Waals surface area contributed by atoms with Gasteiger partial charge in [-0.05, 0) is 46.9 Å². The maximum Gasteiger partial charge on any atom is 0.325 e. The van der Waals surface area contributed by atoms with Gasteiger partial charge in [-0.25, -0.2) is 17.8 Å². The third-order valence-electron chi connectivity index (χ3n) is 2.45. The number of carboxylic acid groups (broad SMARTS) is 1. The van der Waals surface area contributed by atoms with Crippen molar-refractivity contribution in [2.75, 3.05) is 0 Å². The van der Waals surface area contributed by atoms with Crippen LogP contribution in [0.15, 0.2) is 35.4 Å². The highest BCUT2D eigenvalue weighted by molar-refractivity contribution is 14.1. The Morgan fingerprint density at radius 2 is 2.00 bits per heavy atom. The minimum atomic E-state index is -3.64. The molecule has 10 heteroatoms. The zero-order valence-corrected chi connectivity index (χ0v) is 13.6. The Hall–Kier alpha value is -1.53. The van der Waals surface area contributed by atoms with E-state index in [1.165, 1.54) is 18.3 Å². The third kappa shape index (κ3) is 4.47. The Morgan fingerprint density at radius 1 is 1.33 bits per heavy atom. The van der Waals surface area contributed by atoms with E-state index >= 15 is 0 Å². The summed E-state index contributed by atoms with van der Waals surface area (Å²) >= 11 is 2.08. The van der Waals surface area contributed by atoms with E-state index in [9.17, 15) is 13.2 Å². The summed E-state index contributed by atoms with van der Waals surface area (Å²) in [5, 5.41) is 15.9. The number of carboxylic acids is 1. The highest BCUT2D eigenvalue weighted by Gasteiger charge is 2.14. The van der Waals surface area contributed by atoms with E-state index in [0.717, 1.165) is 8.25 Å². The van der Waals surface area contributed by atoms with E-state index in [1.54, 1.807) is 12.1 Å². The number of hydrogen-bond donors (Lipinski definition) is 2. The van der Waals surface area contributed by atoms with E-state index in [1.807, 2.05) is 0 Å². The van der Waals surface area contributed by atoms with Crippen LogP contribution in [0, 0.1) is 3.57 Å². The summed E-state index contributed by atoms with van der Waals surface area (Å²) < 4.78 is 28.5. The van der Waals surface area contributed by atoms with Gasteiger partial charge >= 0.3 is 5.97 Å². The van der Waals surface area contributed by atoms with Crippen molar-refractivity contribution in [1.82, 2.24) is 19.7 Å². The highest BCUT2D eigenvalue weighted by Crippen LogP contribution is 2.12. The van der Waals surface area contributed by atoms with Gasteiger partial charge in [-0.3, -0.25) is 4.79 Å². The Morgan fingerprint density at radius 3 is 2.62 bits per heavy atom. The minimum absolute atomic E-state index is 0.0616. The second-order valence-corrected chi connectivity index (χ2v) is 7.09. The first-order valence-electron chi connectivity index (χ1n) is 5.73. The van der Waals surface area contributed by atoms with Gasteiger partial charge in [0.05, 0.1) is 23.3 Å². The Bertz CT molecular complexity index is 742. The van der Waals surface area contributed by atoms with E-state index in [2.05, 4.69) is 37.6 Å². The number of hydrogen-bond acceptors (Lipinski definition) is 5. The number of nitrogens with one attached hydrogen (secondary N) is 1. The molecule has 0 amide bonds. The summed E-state index contributed by atoms with van der Waals surface area (Å²) in [6.45, 7) is -0.384. The van der Waals surface area contributed by atoms with Gasteiger partial charge in [0, 0.05) is 3.57 Å². The molecule has 2 aromatic rings. The molecule has 1 heterocycles. The summed E-state index contributed by atoms with van der Waals surface area (Å²) in [4.78, 5) is 10.7. The molecular weight excluding hydrogens is 411 g/mol. The maximum absolute atomic E-state index is 12.0. The molecule has 0 radical (unpaired) electrons. The lowest BCUT2D eigenvalue weighted by atomic mass is 10.4. The summed E-state index contributed by atoms with van der Waals surface area (Å²) in [6, 6.07) is 6.40. The number of sulfonamides is 1. The molecule has 8 nitrogen and oxygen atoms in total. The molecule has 0 saturated heterocycles. The van der Waals surface area contributed by atoms with Crippen molar-refractivity contribution in [2.45, 2.75) is 18.0 Å². The van der Waals surface area contributed by atoms with Gasteiger partial charge in [-0.1, -0.05) is 5.21 Å². The summed E-state index contributed by atoms with van der Waals surface area (Å²) in [7, 11) is -3.64. The Balaban J connectivity index is 2.03. The van der Waals surface area contributed by atoms with Gasteiger partial charge in [0.25, 0.3) is 0 Å². The lowest BCUT2D eigenvalue weighted by molar-refractivity contribution is -0.137. The van der Waals surface area contributed by atoms with E-state index < -0.39 is 16.0 Å². The number of benzene rings is 1. The molecule has 0 aliphatic carbocycles. The minimum Gasteiger partial charge on any atom is -0.480 e. The van der Waals surface area contributed by atoms with Crippen LogP contribution in [0.5, 0.6) is 0 Å². The van der Waals surface area contributed by atoms with Crippen LogP contribution in [0.3, 0.4) is 0 Å². The molecule has 0 bridgehead atoms. The van der Waals surface area contributed by atoms with Gasteiger partial charge in [-0.15, -0.1) is 5.10 Å². The van der Waals surface area contributed by atoms with E-state index in [4.69, 9.17) is 5.11 Å². The van der Waals surface area contributed by atoms with E-state index in [-0.39, 0.29) is 18.0 Å². The molecule has 0 spiro atoms. The van der Waals surface area contributed by atoms with E-state index in [0.29, 0.717) is 5.69 Å². The third-order valence-corrected chi connectivity index (χ3v) is 4.59. The molecule has 0 atom stereocenters. The van der Waals surface area contributed by atoms with Crippen LogP contribution in [0.1, 0.15) is 5.69 Å². The fourth-order valence-corrected chi connectivity index (χ4v) is 2.86. The number of aliphatic carboxylic acids is 1. The van der Waals surface area contributed by atoms with Crippen LogP contribution >= 0.6 is 22.6 Å². The zero-order chi connectivity index (χ0) is 15.5. The molecule has 0 aliphatic heterocycles. The lowest BCUT2D eigenvalue weighted by Crippen LogP contribution is -2.23. The smallest absolute Gasteiger partial charge is 0.325 e. The zero-order valence-electron chi connectivity index (χ0n) is 10.6. The number of rotatable bonds is 6. The number of nitrogens with zero attached hydrogens (tertiary/aromatic N) is 3. The van der Waals surface area contributed by atoms with Crippen molar-refractivity contribution in [1.29, 1.82) is 0 Å². The summed E-state index contributed by atoms with van der Waals surface area (Å²) in [6.07, 6.45) is 1.38. The lowest BCUT2D eigenvalue weighted by Gasteiger charge is -2.04. The topological polar surface area (TPSA) is 114 Å². The second-order valence-electron chi connectivity index (χ2n) is 4.08. The standard InChI is InChI=1S/C11H11IN4O4S/c12-8-1-3-10(4-2-8)21(19,20)13-5-9-6-16(15-14-9)7-11(17)18/h1-4,6,13H,5,7H2,(H,17,18). The SMILES string of the molecule is O=C(O)Cn1cc(CNS(=O)(=O)c2ccc(I)cc2)nn1. The predicted octanol–water partition coefficient (Wildman–Crippen LogP) is 0.446. The number of halogens is 1. The quantitative estimate of drug-likeness (QED) is 0.654. The predicted molar refractivity (Wildman–Crippen MR) is 80.8 cm³/mol. The molecule has 2 N–H and O–H groups in total. The van der Waals surface area contributed by atoms with Gasteiger partial charge in [-0.2, -0.15) is 0 Å². The summed E-state index contributed by atoms with van der Waals surface area (Å²) in [5.41, 5.74) is 0.338. The average molecular weight is 422 g/mol. The molecule has 0 fully saturated rings. The molecule has 1 aromatic heterocycles. The van der Waals surface area contributed by atoms with Crippen LogP contribution in [0.2, 0.25) is 0 Å². The first-order chi connectivity index (χ1) is 9.87. The van der Waals surface area contributed by atoms with Gasteiger partial charge in [0.2, 0.25) is 10.0 Å². The van der Waals surface area contributed by atoms with Gasteiger partial charge < -0.3 is 5.11 Å². The molecule has 0 saturated carbocycles. The molecule has 0 unspecified atom stereocenters. The highest BCUT2D eigenvalue weighted by atomic mass is 127. The Labute approximate surface area is 134 Å². The normalized spacial score (nSPS) is 11.5. The summed E-state index contributed by atoms with van der Waals surface area (Å²) in [5.74, 6) is -1.05. The van der Waals surface area contributed by atoms with Crippen molar-refractivity contribution in [3.63, 3.8) is 0 Å². The molecule has 1 aromatic carbocycles. The van der Waals surface area contributed by atoms with Crippen molar-refractivity contribution < 1.29 is 18.3 Å². The first kappa shape index (κ1) is 15.9. The van der Waals surface area contributed by atoms with Crippen molar-refractivity contribution in [3.05, 3.63) is 39.7 Å². The second kappa shape index (κ2) is 6.49. The average Bonchev–Trinajstić information content (AvgIpc) is 2.84. The monoisotopic (exact) mass is 422 g/mol. The maximum atomic E-state index is 12.0. The van der Waals surface area contributed by atoms with Crippen molar-refractivity contribution in [3.8, 4) is 0 Å². The first-order valence-corrected chi connectivity index (χ1v) is 8.29. The largest absolute Gasteiger partial charge is 0.480 e. The molecule has 2 rings (SSSR count). The van der Waals surface area contributed by atoms with Gasteiger partial charge in [0.15, 0.2) is 0 Å². The van der Waals surface area contributed by atoms with Gasteiger partial charge in [0.1, 0.15) is 6.54 Å². The van der Waals surface area contributed by atoms with Crippen LogP contribution < -0.4 is 4.72 Å². The van der Waals surface area contributed by atoms with Crippen molar-refractivity contribution in [2.24, 2.45) is 0 Å². The van der Waals surface area contributed by atoms with Crippen LogP contribution in [0.25, 0.3) is 0 Å². The van der Waals surface area contributed by atoms with Crippen LogP contribution in [-0.2, 0) is 27.9 Å². The number of aromatic nitrogens is 3. The Kier molecular flexibility index (Phi) is 4.90. The van der Waals surface area contributed by atoms with Crippen molar-refractivity contribution >= 4 is 38.6 Å². The molecular formula is C11H11IN4O4S. The fraction of sp³-hybridized carbons (Fsp3) is 0.182. The van der Waals surface area contributed by atoms with Crippen LogP contribution in [0.4, 0.5) is 0 Å².